The first kappa shape index (κ1) is 11.9. The molecule has 0 unspecified atom stereocenters. The molecule has 1 aromatic rings. The van der Waals surface area contributed by atoms with Crippen LogP contribution in [0, 0.1) is 17.0 Å². The fraction of sp³-hybridized carbons (Fsp3) is 0.500. The largest absolute Gasteiger partial charge is 0.482 e. The van der Waals surface area contributed by atoms with Crippen LogP contribution in [0.15, 0.2) is 18.2 Å². The maximum Gasteiger partial charge on any atom is 0.310 e. The molecule has 1 heterocycles. The Morgan fingerprint density at radius 3 is 3.00 bits per heavy atom. The monoisotopic (exact) mass is 236 g/mol. The normalized spacial score (nSPS) is 19.9. The lowest BCUT2D eigenvalue weighted by molar-refractivity contribution is -0.386. The van der Waals surface area contributed by atoms with Gasteiger partial charge in [-0.2, -0.15) is 0 Å². The van der Waals surface area contributed by atoms with Gasteiger partial charge < -0.3 is 10.1 Å². The van der Waals surface area contributed by atoms with Crippen molar-refractivity contribution in [1.82, 2.24) is 5.32 Å². The van der Waals surface area contributed by atoms with Gasteiger partial charge in [0.15, 0.2) is 5.75 Å². The predicted molar refractivity (Wildman–Crippen MR) is 64.4 cm³/mol. The molecule has 1 saturated heterocycles. The summed E-state index contributed by atoms with van der Waals surface area (Å²) in [5.74, 6) is 0.378. The van der Waals surface area contributed by atoms with E-state index in [0.717, 1.165) is 31.5 Å². The number of nitrogens with zero attached hydrogens (tertiary/aromatic N) is 1. The fourth-order valence-corrected chi connectivity index (χ4v) is 1.97. The van der Waals surface area contributed by atoms with E-state index in [-0.39, 0.29) is 11.8 Å². The van der Waals surface area contributed by atoms with Gasteiger partial charge in [-0.15, -0.1) is 0 Å². The van der Waals surface area contributed by atoms with Gasteiger partial charge in [-0.1, -0.05) is 6.07 Å². The Morgan fingerprint density at radius 2 is 2.35 bits per heavy atom. The second-order valence-electron chi connectivity index (χ2n) is 4.31. The van der Waals surface area contributed by atoms with Crippen molar-refractivity contribution in [2.45, 2.75) is 25.9 Å². The second kappa shape index (κ2) is 5.14. The minimum atomic E-state index is -0.398. The van der Waals surface area contributed by atoms with E-state index in [1.165, 1.54) is 6.07 Å². The Hall–Kier alpha value is -1.62. The fourth-order valence-electron chi connectivity index (χ4n) is 1.97. The highest BCUT2D eigenvalue weighted by Gasteiger charge is 2.20. The van der Waals surface area contributed by atoms with Gasteiger partial charge in [0.1, 0.15) is 6.10 Å². The highest BCUT2D eigenvalue weighted by Crippen LogP contribution is 2.29. The van der Waals surface area contributed by atoms with Crippen LogP contribution in [0.2, 0.25) is 0 Å². The molecule has 2 rings (SSSR count). The van der Waals surface area contributed by atoms with Crippen LogP contribution in [0.1, 0.15) is 18.4 Å². The molecule has 1 atom stereocenters. The predicted octanol–water partition coefficient (Wildman–Crippen LogP) is 2.03. The molecular formula is C12H16N2O3. The lowest BCUT2D eigenvalue weighted by atomic mass is 10.1. The highest BCUT2D eigenvalue weighted by atomic mass is 16.6. The number of ether oxygens (including phenoxy) is 1. The molecule has 0 saturated carbocycles. The summed E-state index contributed by atoms with van der Waals surface area (Å²) in [4.78, 5) is 10.5. The molecule has 1 aliphatic rings. The first-order valence-corrected chi connectivity index (χ1v) is 5.79. The summed E-state index contributed by atoms with van der Waals surface area (Å²) in [5, 5.41) is 14.1. The van der Waals surface area contributed by atoms with Crippen molar-refractivity contribution in [3.05, 3.63) is 33.9 Å². The molecule has 0 aliphatic carbocycles. The van der Waals surface area contributed by atoms with Crippen molar-refractivity contribution in [3.8, 4) is 5.75 Å². The first-order valence-electron chi connectivity index (χ1n) is 5.79. The molecule has 1 fully saturated rings. The van der Waals surface area contributed by atoms with Gasteiger partial charge in [0.25, 0.3) is 0 Å². The van der Waals surface area contributed by atoms with E-state index in [1.54, 1.807) is 12.1 Å². The molecule has 0 radical (unpaired) electrons. The van der Waals surface area contributed by atoms with Crippen LogP contribution in [0.25, 0.3) is 0 Å². The summed E-state index contributed by atoms with van der Waals surface area (Å²) in [7, 11) is 0. The van der Waals surface area contributed by atoms with E-state index < -0.39 is 4.92 Å². The molecule has 1 aliphatic heterocycles. The molecule has 0 spiro atoms. The number of rotatable bonds is 3. The van der Waals surface area contributed by atoms with Crippen molar-refractivity contribution in [2.75, 3.05) is 13.1 Å². The van der Waals surface area contributed by atoms with Crippen LogP contribution < -0.4 is 10.1 Å². The zero-order chi connectivity index (χ0) is 12.3. The van der Waals surface area contributed by atoms with Crippen LogP contribution in [-0.2, 0) is 0 Å². The molecule has 92 valence electrons. The summed E-state index contributed by atoms with van der Waals surface area (Å²) < 4.78 is 5.72. The van der Waals surface area contributed by atoms with Crippen LogP contribution in [-0.4, -0.2) is 24.1 Å². The third kappa shape index (κ3) is 2.94. The van der Waals surface area contributed by atoms with Crippen LogP contribution in [0.5, 0.6) is 5.75 Å². The number of aryl methyl sites for hydroxylation is 1. The third-order valence-electron chi connectivity index (χ3n) is 2.86. The van der Waals surface area contributed by atoms with Gasteiger partial charge in [-0.25, -0.2) is 0 Å². The van der Waals surface area contributed by atoms with Gasteiger partial charge in [-0.3, -0.25) is 10.1 Å². The molecule has 0 aromatic heterocycles. The Kier molecular flexibility index (Phi) is 3.58. The summed E-state index contributed by atoms with van der Waals surface area (Å²) in [6.07, 6.45) is 2.02. The lowest BCUT2D eigenvalue weighted by Crippen LogP contribution is -2.37. The lowest BCUT2D eigenvalue weighted by Gasteiger charge is -2.23. The quantitative estimate of drug-likeness (QED) is 0.644. The number of hydrogen-bond acceptors (Lipinski definition) is 4. The molecule has 0 amide bonds. The smallest absolute Gasteiger partial charge is 0.310 e. The number of nitro groups is 1. The minimum absolute atomic E-state index is 0.0317. The summed E-state index contributed by atoms with van der Waals surface area (Å²) in [6.45, 7) is 3.65. The van der Waals surface area contributed by atoms with Crippen molar-refractivity contribution in [1.29, 1.82) is 0 Å². The van der Waals surface area contributed by atoms with Crippen LogP contribution in [0.4, 0.5) is 5.69 Å². The van der Waals surface area contributed by atoms with Gasteiger partial charge >= 0.3 is 5.69 Å². The van der Waals surface area contributed by atoms with Gasteiger partial charge in [0.05, 0.1) is 4.92 Å². The zero-order valence-corrected chi connectivity index (χ0v) is 9.81. The maximum atomic E-state index is 10.9. The topological polar surface area (TPSA) is 64.4 Å². The van der Waals surface area contributed by atoms with E-state index in [9.17, 15) is 10.1 Å². The van der Waals surface area contributed by atoms with Crippen molar-refractivity contribution in [3.63, 3.8) is 0 Å². The second-order valence-corrected chi connectivity index (χ2v) is 4.31. The van der Waals surface area contributed by atoms with Crippen molar-refractivity contribution in [2.24, 2.45) is 0 Å². The standard InChI is InChI=1S/C12H16N2O3/c1-9-4-5-11(14(15)16)12(7-9)17-10-3-2-6-13-8-10/h4-5,7,10,13H,2-3,6,8H2,1H3/t10-/m0/s1. The molecule has 1 N–H and O–H groups in total. The van der Waals surface area contributed by atoms with E-state index in [2.05, 4.69) is 5.32 Å². The maximum absolute atomic E-state index is 10.9. The van der Waals surface area contributed by atoms with Gasteiger partial charge in [-0.05, 0) is 37.9 Å². The zero-order valence-electron chi connectivity index (χ0n) is 9.81. The van der Waals surface area contributed by atoms with E-state index in [4.69, 9.17) is 4.74 Å². The Bertz CT molecular complexity index is 414. The molecule has 5 nitrogen and oxygen atoms in total. The van der Waals surface area contributed by atoms with Gasteiger partial charge in [0, 0.05) is 12.6 Å². The van der Waals surface area contributed by atoms with Gasteiger partial charge in [0.2, 0.25) is 0 Å². The summed E-state index contributed by atoms with van der Waals surface area (Å²) in [6, 6.07) is 4.96. The SMILES string of the molecule is Cc1ccc([N+](=O)[O-])c(O[C@H]2CCCNC2)c1. The summed E-state index contributed by atoms with van der Waals surface area (Å²) >= 11 is 0. The molecular weight excluding hydrogens is 220 g/mol. The van der Waals surface area contributed by atoms with E-state index in [0.29, 0.717) is 5.75 Å². The number of piperidine rings is 1. The van der Waals surface area contributed by atoms with Crippen LogP contribution in [0.3, 0.4) is 0 Å². The average molecular weight is 236 g/mol. The number of benzene rings is 1. The van der Waals surface area contributed by atoms with E-state index >= 15 is 0 Å². The number of hydrogen-bond donors (Lipinski definition) is 1. The molecule has 5 heteroatoms. The Labute approximate surface area is 99.9 Å². The highest BCUT2D eigenvalue weighted by molar-refractivity contribution is 5.48. The number of nitro benzene ring substituents is 1. The Morgan fingerprint density at radius 1 is 1.53 bits per heavy atom. The first-order chi connectivity index (χ1) is 8.16. The minimum Gasteiger partial charge on any atom is -0.482 e. The average Bonchev–Trinajstić information content (AvgIpc) is 2.30. The van der Waals surface area contributed by atoms with Crippen LogP contribution >= 0.6 is 0 Å². The number of nitrogens with one attached hydrogen (secondary N) is 1. The van der Waals surface area contributed by atoms with E-state index in [1.807, 2.05) is 6.92 Å². The molecule has 1 aromatic carbocycles. The molecule has 17 heavy (non-hydrogen) atoms. The molecule has 0 bridgehead atoms. The Balaban J connectivity index is 2.17. The van der Waals surface area contributed by atoms with Crippen molar-refractivity contribution < 1.29 is 9.66 Å². The van der Waals surface area contributed by atoms with Crippen molar-refractivity contribution >= 4 is 5.69 Å². The third-order valence-corrected chi connectivity index (χ3v) is 2.86. The summed E-state index contributed by atoms with van der Waals surface area (Å²) in [5.41, 5.74) is 1.01.